The second kappa shape index (κ2) is 10.9. The summed E-state index contributed by atoms with van der Waals surface area (Å²) in [5, 5.41) is 3.34. The minimum absolute atomic E-state index is 0.686. The van der Waals surface area contributed by atoms with Crippen molar-refractivity contribution in [2.45, 2.75) is 6.42 Å². The van der Waals surface area contributed by atoms with Gasteiger partial charge < -0.3 is 19.5 Å². The lowest BCUT2D eigenvalue weighted by atomic mass is 10.4. The van der Waals surface area contributed by atoms with E-state index in [4.69, 9.17) is 14.2 Å². The summed E-state index contributed by atoms with van der Waals surface area (Å²) in [6.07, 6.45) is 0.956. The molecule has 1 fully saturated rings. The number of ether oxygens (including phenoxy) is 3. The molecule has 0 bridgehead atoms. The molecule has 0 aromatic heterocycles. The van der Waals surface area contributed by atoms with Crippen molar-refractivity contribution >= 4 is 0 Å². The van der Waals surface area contributed by atoms with Gasteiger partial charge in [0.1, 0.15) is 0 Å². The van der Waals surface area contributed by atoms with Crippen LogP contribution in [0.3, 0.4) is 0 Å². The number of hydrogen-bond acceptors (Lipinski definition) is 5. The minimum atomic E-state index is 0.686. The first-order chi connectivity index (χ1) is 8.43. The Balaban J connectivity index is 1.75. The van der Waals surface area contributed by atoms with Crippen LogP contribution in [-0.2, 0) is 14.2 Å². The zero-order valence-corrected chi connectivity index (χ0v) is 11.0. The molecule has 1 aliphatic heterocycles. The Morgan fingerprint density at radius 3 is 2.35 bits per heavy atom. The Morgan fingerprint density at radius 1 is 0.941 bits per heavy atom. The summed E-state index contributed by atoms with van der Waals surface area (Å²) in [7, 11) is 1.71. The van der Waals surface area contributed by atoms with Gasteiger partial charge >= 0.3 is 0 Å². The van der Waals surface area contributed by atoms with Crippen LogP contribution in [0.5, 0.6) is 0 Å². The van der Waals surface area contributed by atoms with Gasteiger partial charge in [-0.15, -0.1) is 0 Å². The molecule has 0 atom stereocenters. The number of methoxy groups -OCH3 is 1. The van der Waals surface area contributed by atoms with E-state index < -0.39 is 0 Å². The van der Waals surface area contributed by atoms with E-state index >= 15 is 0 Å². The largest absolute Gasteiger partial charge is 0.385 e. The van der Waals surface area contributed by atoms with Gasteiger partial charge in [-0.25, -0.2) is 0 Å². The van der Waals surface area contributed by atoms with Crippen LogP contribution in [0, 0.1) is 0 Å². The molecular formula is C12H26N2O3. The van der Waals surface area contributed by atoms with Gasteiger partial charge in [0.25, 0.3) is 0 Å². The molecule has 0 amide bonds. The topological polar surface area (TPSA) is 43.0 Å². The standard InChI is InChI=1S/C12H26N2O3/c1-15-8-2-9-16-11-12-17-10-7-14-5-3-13-4-6-14/h13H,2-12H2,1H3. The summed E-state index contributed by atoms with van der Waals surface area (Å²) in [5.41, 5.74) is 0. The van der Waals surface area contributed by atoms with Gasteiger partial charge in [-0.05, 0) is 6.42 Å². The molecule has 0 unspecified atom stereocenters. The lowest BCUT2D eigenvalue weighted by Gasteiger charge is -2.26. The third-order valence-corrected chi connectivity index (χ3v) is 2.77. The Labute approximate surface area is 104 Å². The zero-order valence-electron chi connectivity index (χ0n) is 11.0. The number of hydrogen-bond donors (Lipinski definition) is 1. The molecule has 1 N–H and O–H groups in total. The van der Waals surface area contributed by atoms with Crippen molar-refractivity contribution in [2.75, 3.05) is 72.9 Å². The molecule has 0 radical (unpaired) electrons. The van der Waals surface area contributed by atoms with Crippen molar-refractivity contribution in [3.05, 3.63) is 0 Å². The Morgan fingerprint density at radius 2 is 1.65 bits per heavy atom. The van der Waals surface area contributed by atoms with Gasteiger partial charge in [0.2, 0.25) is 0 Å². The van der Waals surface area contributed by atoms with Crippen LogP contribution in [0.25, 0.3) is 0 Å². The first-order valence-electron chi connectivity index (χ1n) is 6.51. The molecule has 1 aliphatic rings. The van der Waals surface area contributed by atoms with Crippen molar-refractivity contribution in [2.24, 2.45) is 0 Å². The third-order valence-electron chi connectivity index (χ3n) is 2.77. The lowest BCUT2D eigenvalue weighted by Crippen LogP contribution is -2.44. The fraction of sp³-hybridized carbons (Fsp3) is 1.00. The first-order valence-corrected chi connectivity index (χ1v) is 6.51. The SMILES string of the molecule is COCCCOCCOCCN1CCNCC1. The third kappa shape index (κ3) is 8.51. The van der Waals surface area contributed by atoms with Gasteiger partial charge in [-0.3, -0.25) is 4.90 Å². The molecule has 0 aliphatic carbocycles. The average molecular weight is 246 g/mol. The van der Waals surface area contributed by atoms with Crippen LogP contribution in [0.4, 0.5) is 0 Å². The second-order valence-corrected chi connectivity index (χ2v) is 4.16. The van der Waals surface area contributed by atoms with Crippen LogP contribution in [0.2, 0.25) is 0 Å². The highest BCUT2D eigenvalue weighted by Gasteiger charge is 2.07. The highest BCUT2D eigenvalue weighted by molar-refractivity contribution is 4.66. The highest BCUT2D eigenvalue weighted by Crippen LogP contribution is 1.91. The summed E-state index contributed by atoms with van der Waals surface area (Å²) in [6.45, 7) is 9.22. The Bertz CT molecular complexity index is 164. The van der Waals surface area contributed by atoms with Crippen LogP contribution in [0.1, 0.15) is 6.42 Å². The molecule has 17 heavy (non-hydrogen) atoms. The maximum atomic E-state index is 5.52. The van der Waals surface area contributed by atoms with Crippen molar-refractivity contribution in [3.63, 3.8) is 0 Å². The smallest absolute Gasteiger partial charge is 0.0701 e. The zero-order chi connectivity index (χ0) is 12.2. The van der Waals surface area contributed by atoms with Crippen LogP contribution < -0.4 is 5.32 Å². The molecule has 1 rings (SSSR count). The summed E-state index contributed by atoms with van der Waals surface area (Å²) in [4.78, 5) is 2.43. The Kier molecular flexibility index (Phi) is 9.55. The summed E-state index contributed by atoms with van der Waals surface area (Å²) >= 11 is 0. The van der Waals surface area contributed by atoms with Gasteiger partial charge in [0, 0.05) is 53.0 Å². The molecule has 1 saturated heterocycles. The van der Waals surface area contributed by atoms with Crippen LogP contribution in [-0.4, -0.2) is 77.8 Å². The van der Waals surface area contributed by atoms with Crippen molar-refractivity contribution in [1.29, 1.82) is 0 Å². The van der Waals surface area contributed by atoms with Crippen molar-refractivity contribution in [1.82, 2.24) is 10.2 Å². The van der Waals surface area contributed by atoms with Gasteiger partial charge in [-0.1, -0.05) is 0 Å². The van der Waals surface area contributed by atoms with Crippen LogP contribution >= 0.6 is 0 Å². The molecule has 5 heteroatoms. The fourth-order valence-electron chi connectivity index (χ4n) is 1.76. The molecule has 102 valence electrons. The van der Waals surface area contributed by atoms with E-state index in [0.29, 0.717) is 13.2 Å². The van der Waals surface area contributed by atoms with Gasteiger partial charge in [0.15, 0.2) is 0 Å². The van der Waals surface area contributed by atoms with E-state index in [-0.39, 0.29) is 0 Å². The second-order valence-electron chi connectivity index (χ2n) is 4.16. The average Bonchev–Trinajstić information content (AvgIpc) is 2.38. The van der Waals surface area contributed by atoms with Gasteiger partial charge in [0.05, 0.1) is 19.8 Å². The van der Waals surface area contributed by atoms with E-state index in [2.05, 4.69) is 10.2 Å². The van der Waals surface area contributed by atoms with Crippen molar-refractivity contribution < 1.29 is 14.2 Å². The monoisotopic (exact) mass is 246 g/mol. The normalized spacial score (nSPS) is 17.5. The van der Waals surface area contributed by atoms with E-state index in [1.54, 1.807) is 7.11 Å². The maximum Gasteiger partial charge on any atom is 0.0701 e. The predicted molar refractivity (Wildman–Crippen MR) is 67.4 cm³/mol. The number of rotatable bonds is 10. The molecule has 0 aromatic rings. The number of nitrogens with zero attached hydrogens (tertiary/aromatic N) is 1. The van der Waals surface area contributed by atoms with Crippen molar-refractivity contribution in [3.8, 4) is 0 Å². The van der Waals surface area contributed by atoms with E-state index in [1.807, 2.05) is 0 Å². The molecule has 5 nitrogen and oxygen atoms in total. The maximum absolute atomic E-state index is 5.52. The molecular weight excluding hydrogens is 220 g/mol. The molecule has 0 aromatic carbocycles. The summed E-state index contributed by atoms with van der Waals surface area (Å²) in [6, 6.07) is 0. The molecule has 1 heterocycles. The van der Waals surface area contributed by atoms with E-state index in [0.717, 1.165) is 59.0 Å². The summed E-state index contributed by atoms with van der Waals surface area (Å²) < 4.78 is 15.9. The fourth-order valence-corrected chi connectivity index (χ4v) is 1.76. The number of nitrogens with one attached hydrogen (secondary N) is 1. The van der Waals surface area contributed by atoms with Crippen LogP contribution in [0.15, 0.2) is 0 Å². The molecule has 0 spiro atoms. The van der Waals surface area contributed by atoms with Gasteiger partial charge in [-0.2, -0.15) is 0 Å². The minimum Gasteiger partial charge on any atom is -0.385 e. The highest BCUT2D eigenvalue weighted by atomic mass is 16.5. The number of piperazine rings is 1. The predicted octanol–water partition coefficient (Wildman–Crippen LogP) is -0.0387. The Hall–Kier alpha value is -0.200. The quantitative estimate of drug-likeness (QED) is 0.548. The lowest BCUT2D eigenvalue weighted by molar-refractivity contribution is 0.0314. The van der Waals surface area contributed by atoms with E-state index in [9.17, 15) is 0 Å². The first kappa shape index (κ1) is 14.9. The molecule has 0 saturated carbocycles. The summed E-state index contributed by atoms with van der Waals surface area (Å²) in [5.74, 6) is 0. The van der Waals surface area contributed by atoms with E-state index in [1.165, 1.54) is 0 Å².